The van der Waals surface area contributed by atoms with Gasteiger partial charge in [-0.1, -0.05) is 24.3 Å². The Morgan fingerprint density at radius 3 is 2.23 bits per heavy atom. The Hall–Kier alpha value is -3.33. The first-order valence-electron chi connectivity index (χ1n) is 10.3. The van der Waals surface area contributed by atoms with Crippen molar-refractivity contribution in [2.45, 2.75) is 38.0 Å². The third-order valence-electron chi connectivity index (χ3n) is 5.96. The summed E-state index contributed by atoms with van der Waals surface area (Å²) in [6.45, 7) is 0. The predicted octanol–water partition coefficient (Wildman–Crippen LogP) is 5.51. The zero-order chi connectivity index (χ0) is 22.4. The zero-order valence-electron chi connectivity index (χ0n) is 16.9. The van der Waals surface area contributed by atoms with Crippen molar-refractivity contribution in [3.8, 4) is 6.07 Å². The number of carboxylic acid groups (broad SMARTS) is 1. The lowest BCUT2D eigenvalue weighted by Crippen LogP contribution is -2.30. The minimum atomic E-state index is -0.890. The monoisotopic (exact) mass is 423 g/mol. The van der Waals surface area contributed by atoms with E-state index in [1.807, 2.05) is 6.07 Å². The van der Waals surface area contributed by atoms with Crippen LogP contribution in [0.4, 0.5) is 8.78 Å². The summed E-state index contributed by atoms with van der Waals surface area (Å²) in [5, 5.41) is 19.0. The number of benzene rings is 2. The van der Waals surface area contributed by atoms with Crippen LogP contribution in [0.5, 0.6) is 0 Å². The Balaban J connectivity index is 1.62. The van der Waals surface area contributed by atoms with Crippen molar-refractivity contribution in [2.24, 2.45) is 11.8 Å². The number of carbonyl (C=O) groups is 2. The largest absolute Gasteiger partial charge is 0.481 e. The van der Waals surface area contributed by atoms with Crippen molar-refractivity contribution in [3.05, 3.63) is 76.9 Å². The van der Waals surface area contributed by atoms with Crippen molar-refractivity contribution in [2.75, 3.05) is 0 Å². The van der Waals surface area contributed by atoms with Crippen LogP contribution in [0.3, 0.4) is 0 Å². The molecule has 3 atom stereocenters. The fourth-order valence-electron chi connectivity index (χ4n) is 4.27. The number of carboxylic acids is 1. The van der Waals surface area contributed by atoms with E-state index in [4.69, 9.17) is 0 Å². The van der Waals surface area contributed by atoms with Crippen LogP contribution in [-0.2, 0) is 9.59 Å². The molecule has 1 aliphatic carbocycles. The Kier molecular flexibility index (Phi) is 7.30. The SMILES string of the molecule is N#C/C(=C\c1ccc(F)cc1)C(=O)CCC1CC[C@@H](c2ccc(F)cc2)[C@H](C(=O)O)C1. The fourth-order valence-corrected chi connectivity index (χ4v) is 4.27. The molecule has 31 heavy (non-hydrogen) atoms. The number of rotatable bonds is 7. The van der Waals surface area contributed by atoms with Crippen LogP contribution in [0.25, 0.3) is 6.08 Å². The minimum absolute atomic E-state index is 0.00129. The first-order chi connectivity index (χ1) is 14.9. The van der Waals surface area contributed by atoms with Crippen molar-refractivity contribution >= 4 is 17.8 Å². The van der Waals surface area contributed by atoms with Gasteiger partial charge in [0, 0.05) is 6.42 Å². The van der Waals surface area contributed by atoms with Crippen LogP contribution >= 0.6 is 0 Å². The quantitative estimate of drug-likeness (QED) is 0.471. The van der Waals surface area contributed by atoms with Crippen molar-refractivity contribution in [1.29, 1.82) is 5.26 Å². The number of allylic oxidation sites excluding steroid dienone is 1. The minimum Gasteiger partial charge on any atom is -0.481 e. The van der Waals surface area contributed by atoms with Crippen LogP contribution in [0, 0.1) is 34.8 Å². The number of nitriles is 1. The molecule has 2 aromatic rings. The van der Waals surface area contributed by atoms with Gasteiger partial charge in [0.05, 0.1) is 11.5 Å². The number of hydrogen-bond acceptors (Lipinski definition) is 3. The fraction of sp³-hybridized carbons (Fsp3) is 0.320. The molecule has 6 heteroatoms. The number of nitrogens with zero attached hydrogens (tertiary/aromatic N) is 1. The highest BCUT2D eigenvalue weighted by molar-refractivity contribution is 6.03. The summed E-state index contributed by atoms with van der Waals surface area (Å²) in [6.07, 6.45) is 3.95. The van der Waals surface area contributed by atoms with Crippen LogP contribution in [0.15, 0.2) is 54.1 Å². The average Bonchev–Trinajstić information content (AvgIpc) is 2.77. The molecule has 1 fully saturated rings. The summed E-state index contributed by atoms with van der Waals surface area (Å²) in [6, 6.07) is 13.4. The van der Waals surface area contributed by atoms with E-state index >= 15 is 0 Å². The third kappa shape index (κ3) is 5.85. The van der Waals surface area contributed by atoms with E-state index in [9.17, 15) is 28.7 Å². The molecule has 2 aromatic carbocycles. The summed E-state index contributed by atoms with van der Waals surface area (Å²) in [5.74, 6) is -2.66. The molecule has 1 aliphatic rings. The molecule has 0 aromatic heterocycles. The molecule has 0 bridgehead atoms. The van der Waals surface area contributed by atoms with E-state index in [2.05, 4.69) is 0 Å². The topological polar surface area (TPSA) is 78.2 Å². The van der Waals surface area contributed by atoms with Crippen molar-refractivity contribution in [1.82, 2.24) is 0 Å². The maximum Gasteiger partial charge on any atom is 0.307 e. The molecule has 1 unspecified atom stereocenters. The molecule has 0 radical (unpaired) electrons. The Morgan fingerprint density at radius 2 is 1.65 bits per heavy atom. The predicted molar refractivity (Wildman–Crippen MR) is 112 cm³/mol. The van der Waals surface area contributed by atoms with E-state index in [1.165, 1.54) is 42.5 Å². The zero-order valence-corrected chi connectivity index (χ0v) is 16.9. The van der Waals surface area contributed by atoms with Crippen LogP contribution in [0.1, 0.15) is 49.1 Å². The molecule has 4 nitrogen and oxygen atoms in total. The first kappa shape index (κ1) is 22.4. The summed E-state index contributed by atoms with van der Waals surface area (Å²) < 4.78 is 26.2. The van der Waals surface area contributed by atoms with Gasteiger partial charge in [0.1, 0.15) is 17.7 Å². The molecule has 3 rings (SSSR count). The molecule has 1 saturated carbocycles. The van der Waals surface area contributed by atoms with E-state index in [-0.39, 0.29) is 35.4 Å². The summed E-state index contributed by atoms with van der Waals surface area (Å²) in [7, 11) is 0. The van der Waals surface area contributed by atoms with E-state index < -0.39 is 17.7 Å². The maximum absolute atomic E-state index is 13.2. The molecule has 0 saturated heterocycles. The molecule has 0 spiro atoms. The second-order valence-electron chi connectivity index (χ2n) is 7.97. The summed E-state index contributed by atoms with van der Waals surface area (Å²) >= 11 is 0. The van der Waals surface area contributed by atoms with Gasteiger partial charge in [0.15, 0.2) is 5.78 Å². The second kappa shape index (κ2) is 10.1. The summed E-state index contributed by atoms with van der Waals surface area (Å²) in [4.78, 5) is 24.4. The van der Waals surface area contributed by atoms with Crippen molar-refractivity contribution < 1.29 is 23.5 Å². The molecular weight excluding hydrogens is 400 g/mol. The third-order valence-corrected chi connectivity index (χ3v) is 5.96. The van der Waals surface area contributed by atoms with Gasteiger partial charge in [-0.15, -0.1) is 0 Å². The molecule has 0 aliphatic heterocycles. The normalized spacial score (nSPS) is 21.3. The molecule has 0 heterocycles. The maximum atomic E-state index is 13.2. The first-order valence-corrected chi connectivity index (χ1v) is 10.3. The Labute approximate surface area is 179 Å². The number of ketones is 1. The molecule has 160 valence electrons. The average molecular weight is 423 g/mol. The van der Waals surface area contributed by atoms with Gasteiger partial charge in [0.2, 0.25) is 0 Å². The summed E-state index contributed by atoms with van der Waals surface area (Å²) in [5.41, 5.74) is 1.38. The highest BCUT2D eigenvalue weighted by Crippen LogP contribution is 2.42. The number of carbonyl (C=O) groups excluding carboxylic acids is 1. The second-order valence-corrected chi connectivity index (χ2v) is 7.97. The molecule has 0 amide bonds. The standard InChI is InChI=1S/C25H23F2NO3/c26-20-7-1-16(2-8-20)13-19(15-28)24(29)12-4-17-3-11-22(23(14-17)25(30)31)18-5-9-21(27)10-6-18/h1-2,5-10,13,17,22-23H,3-4,11-12,14H2,(H,30,31)/b19-13+/t17?,22-,23+/m0/s1. The van der Waals surface area contributed by atoms with Gasteiger partial charge in [-0.05, 0) is 79.0 Å². The van der Waals surface area contributed by atoms with Gasteiger partial charge in [-0.3, -0.25) is 9.59 Å². The lowest BCUT2D eigenvalue weighted by Gasteiger charge is -2.34. The van der Waals surface area contributed by atoms with Gasteiger partial charge in [-0.2, -0.15) is 5.26 Å². The van der Waals surface area contributed by atoms with Crippen LogP contribution in [0.2, 0.25) is 0 Å². The highest BCUT2D eigenvalue weighted by Gasteiger charge is 2.36. The lowest BCUT2D eigenvalue weighted by molar-refractivity contribution is -0.144. The van der Waals surface area contributed by atoms with Crippen LogP contribution in [-0.4, -0.2) is 16.9 Å². The number of hydrogen-bond donors (Lipinski definition) is 1. The van der Waals surface area contributed by atoms with Crippen molar-refractivity contribution in [3.63, 3.8) is 0 Å². The van der Waals surface area contributed by atoms with Crippen LogP contribution < -0.4 is 0 Å². The van der Waals surface area contributed by atoms with E-state index in [0.717, 1.165) is 12.0 Å². The number of aliphatic carboxylic acids is 1. The Morgan fingerprint density at radius 1 is 1.03 bits per heavy atom. The Bertz CT molecular complexity index is 1010. The highest BCUT2D eigenvalue weighted by atomic mass is 19.1. The molecule has 1 N–H and O–H groups in total. The van der Waals surface area contributed by atoms with Gasteiger partial charge < -0.3 is 5.11 Å². The smallest absolute Gasteiger partial charge is 0.307 e. The molecular formula is C25H23F2NO3. The lowest BCUT2D eigenvalue weighted by atomic mass is 9.70. The van der Waals surface area contributed by atoms with E-state index in [0.29, 0.717) is 24.8 Å². The number of halogens is 2. The van der Waals surface area contributed by atoms with Gasteiger partial charge in [0.25, 0.3) is 0 Å². The van der Waals surface area contributed by atoms with Gasteiger partial charge in [-0.25, -0.2) is 8.78 Å². The number of Topliss-reactive ketones (excluding diaryl/α,β-unsaturated/α-hetero) is 1. The van der Waals surface area contributed by atoms with E-state index in [1.54, 1.807) is 12.1 Å². The van der Waals surface area contributed by atoms with Gasteiger partial charge >= 0.3 is 5.97 Å².